The molecule has 1 aromatic heterocycles. The van der Waals surface area contributed by atoms with Crippen LogP contribution in [-0.4, -0.2) is 4.98 Å². The number of aromatic nitrogens is 1. The Morgan fingerprint density at radius 1 is 1.35 bits per heavy atom. The summed E-state index contributed by atoms with van der Waals surface area (Å²) >= 11 is 1.69. The molecule has 1 aromatic carbocycles. The second-order valence-corrected chi connectivity index (χ2v) is 5.14. The van der Waals surface area contributed by atoms with Crippen LogP contribution in [0.25, 0.3) is 0 Å². The molecule has 0 aliphatic carbocycles. The summed E-state index contributed by atoms with van der Waals surface area (Å²) in [5.41, 5.74) is 1.74. The number of nitrogens with zero attached hydrogens (tertiary/aromatic N) is 1. The van der Waals surface area contributed by atoms with Gasteiger partial charge in [-0.3, -0.25) is 0 Å². The molecule has 1 heterocycles. The summed E-state index contributed by atoms with van der Waals surface area (Å²) in [5.74, 6) is -0.203. The van der Waals surface area contributed by atoms with Crippen LogP contribution in [0.1, 0.15) is 22.4 Å². The van der Waals surface area contributed by atoms with Gasteiger partial charge >= 0.3 is 0 Å². The van der Waals surface area contributed by atoms with Gasteiger partial charge < -0.3 is 5.32 Å². The van der Waals surface area contributed by atoms with E-state index >= 15 is 0 Å². The summed E-state index contributed by atoms with van der Waals surface area (Å²) in [7, 11) is 0. The maximum absolute atomic E-state index is 13.2. The van der Waals surface area contributed by atoms with E-state index in [9.17, 15) is 4.39 Å². The molecule has 2 rings (SSSR count). The summed E-state index contributed by atoms with van der Waals surface area (Å²) in [6, 6.07) is 4.96. The van der Waals surface area contributed by atoms with E-state index in [2.05, 4.69) is 17.2 Å². The molecular weight excluding hydrogens is 235 g/mol. The molecule has 2 aromatic rings. The van der Waals surface area contributed by atoms with Crippen molar-refractivity contribution in [3.8, 4) is 0 Å². The smallest absolute Gasteiger partial charge is 0.125 e. The van der Waals surface area contributed by atoms with Crippen molar-refractivity contribution in [2.75, 3.05) is 5.32 Å². The van der Waals surface area contributed by atoms with Gasteiger partial charge in [0.1, 0.15) is 5.82 Å². The van der Waals surface area contributed by atoms with Gasteiger partial charge in [-0.15, -0.1) is 11.3 Å². The Labute approximate surface area is 105 Å². The topological polar surface area (TPSA) is 24.9 Å². The SMILES string of the molecule is CCc1ncc(CNc2cc(C)cc(F)c2)s1. The van der Waals surface area contributed by atoms with Crippen molar-refractivity contribution in [3.05, 3.63) is 45.7 Å². The van der Waals surface area contributed by atoms with Gasteiger partial charge in [0.2, 0.25) is 0 Å². The molecule has 90 valence electrons. The van der Waals surface area contributed by atoms with E-state index in [1.807, 2.05) is 19.2 Å². The third-order valence-electron chi connectivity index (χ3n) is 2.41. The van der Waals surface area contributed by atoms with Crippen molar-refractivity contribution in [1.82, 2.24) is 4.98 Å². The largest absolute Gasteiger partial charge is 0.380 e. The Hall–Kier alpha value is -1.42. The Balaban J connectivity index is 2.01. The monoisotopic (exact) mass is 250 g/mol. The Kier molecular flexibility index (Phi) is 3.74. The van der Waals surface area contributed by atoms with Crippen LogP contribution in [0.3, 0.4) is 0 Å². The molecule has 17 heavy (non-hydrogen) atoms. The zero-order valence-corrected chi connectivity index (χ0v) is 10.8. The van der Waals surface area contributed by atoms with Gasteiger partial charge in [0.05, 0.1) is 11.6 Å². The van der Waals surface area contributed by atoms with Gasteiger partial charge in [-0.1, -0.05) is 6.92 Å². The molecule has 0 aliphatic heterocycles. The number of rotatable bonds is 4. The first-order valence-electron chi connectivity index (χ1n) is 5.62. The number of hydrogen-bond acceptors (Lipinski definition) is 3. The molecule has 4 heteroatoms. The van der Waals surface area contributed by atoms with Gasteiger partial charge in [0.15, 0.2) is 0 Å². The van der Waals surface area contributed by atoms with Crippen molar-refractivity contribution in [2.45, 2.75) is 26.8 Å². The predicted molar refractivity (Wildman–Crippen MR) is 70.0 cm³/mol. The number of thiazole rings is 1. The zero-order chi connectivity index (χ0) is 12.3. The third kappa shape index (κ3) is 3.27. The maximum Gasteiger partial charge on any atom is 0.125 e. The first kappa shape index (κ1) is 12.0. The Morgan fingerprint density at radius 2 is 2.18 bits per heavy atom. The summed E-state index contributed by atoms with van der Waals surface area (Å²) in [5, 5.41) is 4.35. The highest BCUT2D eigenvalue weighted by Crippen LogP contribution is 2.17. The van der Waals surface area contributed by atoms with E-state index in [0.29, 0.717) is 6.54 Å². The second kappa shape index (κ2) is 5.27. The Morgan fingerprint density at radius 3 is 2.82 bits per heavy atom. The maximum atomic E-state index is 13.2. The standard InChI is InChI=1S/C13H15FN2S/c1-3-13-16-8-12(17-13)7-15-11-5-9(2)4-10(14)6-11/h4-6,8,15H,3,7H2,1-2H3. The quantitative estimate of drug-likeness (QED) is 0.893. The molecule has 1 N–H and O–H groups in total. The van der Waals surface area contributed by atoms with E-state index < -0.39 is 0 Å². The molecule has 0 amide bonds. The van der Waals surface area contributed by atoms with E-state index in [0.717, 1.165) is 22.7 Å². The lowest BCUT2D eigenvalue weighted by Crippen LogP contribution is -1.98. The zero-order valence-electron chi connectivity index (χ0n) is 9.96. The summed E-state index contributed by atoms with van der Waals surface area (Å²) < 4.78 is 13.2. The fourth-order valence-electron chi connectivity index (χ4n) is 1.62. The molecular formula is C13H15FN2S. The van der Waals surface area contributed by atoms with E-state index in [1.54, 1.807) is 11.3 Å². The van der Waals surface area contributed by atoms with Crippen LogP contribution in [0.2, 0.25) is 0 Å². The van der Waals surface area contributed by atoms with Crippen molar-refractivity contribution < 1.29 is 4.39 Å². The first-order valence-corrected chi connectivity index (χ1v) is 6.43. The van der Waals surface area contributed by atoms with Crippen LogP contribution in [-0.2, 0) is 13.0 Å². The lowest BCUT2D eigenvalue weighted by Gasteiger charge is -2.05. The first-order chi connectivity index (χ1) is 8.17. The van der Waals surface area contributed by atoms with Crippen LogP contribution in [0.4, 0.5) is 10.1 Å². The summed E-state index contributed by atoms with van der Waals surface area (Å²) in [6.07, 6.45) is 2.84. The van der Waals surface area contributed by atoms with Gasteiger partial charge in [0.25, 0.3) is 0 Å². The minimum atomic E-state index is -0.203. The molecule has 0 fully saturated rings. The van der Waals surface area contributed by atoms with Crippen LogP contribution in [0, 0.1) is 12.7 Å². The molecule has 0 bridgehead atoms. The normalized spacial score (nSPS) is 10.5. The van der Waals surface area contributed by atoms with Crippen LogP contribution in [0.15, 0.2) is 24.4 Å². The number of benzene rings is 1. The predicted octanol–water partition coefficient (Wildman–Crippen LogP) is 3.77. The number of anilines is 1. The number of hydrogen-bond donors (Lipinski definition) is 1. The van der Waals surface area contributed by atoms with Crippen LogP contribution in [0.5, 0.6) is 0 Å². The summed E-state index contributed by atoms with van der Waals surface area (Å²) in [6.45, 7) is 4.67. The van der Waals surface area contributed by atoms with E-state index in [4.69, 9.17) is 0 Å². The van der Waals surface area contributed by atoms with Crippen LogP contribution < -0.4 is 5.32 Å². The van der Waals surface area contributed by atoms with Gasteiger partial charge in [-0.2, -0.15) is 0 Å². The molecule has 0 radical (unpaired) electrons. The van der Waals surface area contributed by atoms with Crippen molar-refractivity contribution in [3.63, 3.8) is 0 Å². The van der Waals surface area contributed by atoms with Gasteiger partial charge in [0, 0.05) is 16.8 Å². The average Bonchev–Trinajstić information content (AvgIpc) is 2.73. The fraction of sp³-hybridized carbons (Fsp3) is 0.308. The average molecular weight is 250 g/mol. The molecule has 0 atom stereocenters. The molecule has 0 saturated heterocycles. The number of nitrogens with one attached hydrogen (secondary N) is 1. The lowest BCUT2D eigenvalue weighted by atomic mass is 10.2. The van der Waals surface area contributed by atoms with Crippen molar-refractivity contribution >= 4 is 17.0 Å². The number of aryl methyl sites for hydroxylation is 2. The van der Waals surface area contributed by atoms with Crippen molar-refractivity contribution in [2.24, 2.45) is 0 Å². The lowest BCUT2D eigenvalue weighted by molar-refractivity contribution is 0.627. The van der Waals surface area contributed by atoms with Crippen LogP contribution >= 0.6 is 11.3 Å². The molecule has 2 nitrogen and oxygen atoms in total. The molecule has 0 saturated carbocycles. The van der Waals surface area contributed by atoms with Crippen molar-refractivity contribution in [1.29, 1.82) is 0 Å². The van der Waals surface area contributed by atoms with E-state index in [1.165, 1.54) is 17.0 Å². The minimum Gasteiger partial charge on any atom is -0.380 e. The minimum absolute atomic E-state index is 0.203. The summed E-state index contributed by atoms with van der Waals surface area (Å²) in [4.78, 5) is 5.46. The molecule has 0 spiro atoms. The third-order valence-corrected chi connectivity index (χ3v) is 3.55. The van der Waals surface area contributed by atoms with Gasteiger partial charge in [-0.05, 0) is 37.1 Å². The molecule has 0 aliphatic rings. The number of halogens is 1. The van der Waals surface area contributed by atoms with Gasteiger partial charge in [-0.25, -0.2) is 9.37 Å². The highest BCUT2D eigenvalue weighted by molar-refractivity contribution is 7.11. The molecule has 0 unspecified atom stereocenters. The fourth-order valence-corrected chi connectivity index (χ4v) is 2.42. The highest BCUT2D eigenvalue weighted by atomic mass is 32.1. The Bertz CT molecular complexity index is 488. The highest BCUT2D eigenvalue weighted by Gasteiger charge is 2.01. The van der Waals surface area contributed by atoms with E-state index in [-0.39, 0.29) is 5.82 Å². The second-order valence-electron chi connectivity index (χ2n) is 3.94.